The summed E-state index contributed by atoms with van der Waals surface area (Å²) in [7, 11) is 0. The topological polar surface area (TPSA) is 63.3 Å². The Morgan fingerprint density at radius 2 is 2.07 bits per heavy atom. The number of primary amides is 1. The smallest absolute Gasteiger partial charge is 0.252 e. The molecule has 0 saturated heterocycles. The number of carbonyl (C=O) groups is 1. The predicted molar refractivity (Wildman–Crippen MR) is 55.7 cm³/mol. The maximum absolute atomic E-state index is 11.0. The van der Waals surface area contributed by atoms with Crippen molar-refractivity contribution in [1.29, 1.82) is 0 Å². The molecule has 4 heteroatoms. The number of nitrogens with two attached hydrogens (primary N) is 1. The molecule has 3 N–H and O–H groups in total. The Morgan fingerprint density at radius 1 is 1.50 bits per heavy atom. The van der Waals surface area contributed by atoms with Gasteiger partial charge in [0.15, 0.2) is 0 Å². The van der Waals surface area contributed by atoms with Crippen LogP contribution in [-0.2, 0) is 0 Å². The van der Waals surface area contributed by atoms with Crippen molar-refractivity contribution in [2.75, 3.05) is 0 Å². The van der Waals surface area contributed by atoms with Crippen molar-refractivity contribution in [3.8, 4) is 5.75 Å². The summed E-state index contributed by atoms with van der Waals surface area (Å²) in [6.07, 6.45) is 0. The minimum Gasteiger partial charge on any atom is -0.506 e. The summed E-state index contributed by atoms with van der Waals surface area (Å²) >= 11 is 5.75. The molecule has 0 aliphatic carbocycles. The number of aromatic hydroxyl groups is 1. The number of amides is 1. The van der Waals surface area contributed by atoms with Crippen LogP contribution in [0.3, 0.4) is 0 Å². The first-order valence-corrected chi connectivity index (χ1v) is 4.63. The summed E-state index contributed by atoms with van der Waals surface area (Å²) < 4.78 is 0. The molecule has 0 unspecified atom stereocenters. The van der Waals surface area contributed by atoms with Gasteiger partial charge in [-0.05, 0) is 23.6 Å². The average molecular weight is 214 g/mol. The normalized spacial score (nSPS) is 10.6. The first kappa shape index (κ1) is 10.9. The van der Waals surface area contributed by atoms with E-state index in [1.54, 1.807) is 12.1 Å². The average Bonchev–Trinajstić information content (AvgIpc) is 2.08. The van der Waals surface area contributed by atoms with E-state index in [1.807, 2.05) is 13.8 Å². The second kappa shape index (κ2) is 3.88. The quantitative estimate of drug-likeness (QED) is 0.792. The van der Waals surface area contributed by atoms with Gasteiger partial charge in [-0.1, -0.05) is 25.4 Å². The molecule has 0 bridgehead atoms. The van der Waals surface area contributed by atoms with Crippen LogP contribution >= 0.6 is 11.6 Å². The zero-order valence-corrected chi connectivity index (χ0v) is 8.80. The lowest BCUT2D eigenvalue weighted by Crippen LogP contribution is -2.12. The predicted octanol–water partition coefficient (Wildman–Crippen LogP) is 2.27. The van der Waals surface area contributed by atoms with E-state index in [2.05, 4.69) is 0 Å². The van der Waals surface area contributed by atoms with Crippen LogP contribution in [0.1, 0.15) is 35.7 Å². The SMILES string of the molecule is CC(C)c1cc(Cl)c(O)c(C(N)=O)c1. The molecule has 0 aromatic heterocycles. The van der Waals surface area contributed by atoms with E-state index in [1.165, 1.54) is 0 Å². The first-order valence-electron chi connectivity index (χ1n) is 4.25. The summed E-state index contributed by atoms with van der Waals surface area (Å²) in [5.74, 6) is -0.693. The number of carbonyl (C=O) groups excluding carboxylic acids is 1. The van der Waals surface area contributed by atoms with Crippen LogP contribution in [0.2, 0.25) is 5.02 Å². The van der Waals surface area contributed by atoms with Gasteiger partial charge in [0.2, 0.25) is 0 Å². The van der Waals surface area contributed by atoms with Crippen LogP contribution in [0.5, 0.6) is 5.75 Å². The Bertz CT molecular complexity index is 375. The number of hydrogen-bond acceptors (Lipinski definition) is 2. The highest BCUT2D eigenvalue weighted by Crippen LogP contribution is 2.31. The van der Waals surface area contributed by atoms with E-state index in [-0.39, 0.29) is 22.3 Å². The van der Waals surface area contributed by atoms with Gasteiger partial charge in [0.1, 0.15) is 5.75 Å². The number of halogens is 1. The summed E-state index contributed by atoms with van der Waals surface area (Å²) in [5.41, 5.74) is 6.04. The van der Waals surface area contributed by atoms with E-state index >= 15 is 0 Å². The molecule has 0 atom stereocenters. The molecule has 1 rings (SSSR count). The molecule has 0 radical (unpaired) electrons. The molecule has 0 fully saturated rings. The first-order chi connectivity index (χ1) is 6.43. The minimum absolute atomic E-state index is 0.0706. The minimum atomic E-state index is -0.674. The number of rotatable bonds is 2. The monoisotopic (exact) mass is 213 g/mol. The number of benzene rings is 1. The summed E-state index contributed by atoms with van der Waals surface area (Å²) in [5, 5.41) is 9.60. The van der Waals surface area contributed by atoms with Gasteiger partial charge in [-0.3, -0.25) is 4.79 Å². The van der Waals surface area contributed by atoms with E-state index in [0.717, 1.165) is 5.56 Å². The molecule has 76 valence electrons. The second-order valence-electron chi connectivity index (χ2n) is 3.42. The zero-order chi connectivity index (χ0) is 10.9. The van der Waals surface area contributed by atoms with Crippen LogP contribution in [0.25, 0.3) is 0 Å². The standard InChI is InChI=1S/C10H12ClNO2/c1-5(2)6-3-7(10(12)14)9(13)8(11)4-6/h3-5,13H,1-2H3,(H2,12,14). The van der Waals surface area contributed by atoms with Gasteiger partial charge in [0.25, 0.3) is 5.91 Å². The van der Waals surface area contributed by atoms with Gasteiger partial charge >= 0.3 is 0 Å². The largest absolute Gasteiger partial charge is 0.506 e. The Morgan fingerprint density at radius 3 is 2.50 bits per heavy atom. The van der Waals surface area contributed by atoms with Crippen molar-refractivity contribution in [2.45, 2.75) is 19.8 Å². The lowest BCUT2D eigenvalue weighted by atomic mass is 10.00. The van der Waals surface area contributed by atoms with Crippen molar-refractivity contribution in [3.63, 3.8) is 0 Å². The second-order valence-corrected chi connectivity index (χ2v) is 3.83. The highest BCUT2D eigenvalue weighted by atomic mass is 35.5. The lowest BCUT2D eigenvalue weighted by molar-refractivity contribution is 0.0997. The highest BCUT2D eigenvalue weighted by Gasteiger charge is 2.13. The van der Waals surface area contributed by atoms with Crippen molar-refractivity contribution in [2.24, 2.45) is 5.73 Å². The summed E-state index contributed by atoms with van der Waals surface area (Å²) in [4.78, 5) is 11.0. The molecule has 3 nitrogen and oxygen atoms in total. The molecule has 14 heavy (non-hydrogen) atoms. The molecular formula is C10H12ClNO2. The highest BCUT2D eigenvalue weighted by molar-refractivity contribution is 6.32. The summed E-state index contributed by atoms with van der Waals surface area (Å²) in [6, 6.07) is 3.20. The third-order valence-corrected chi connectivity index (χ3v) is 2.31. The van der Waals surface area contributed by atoms with Gasteiger partial charge in [-0.15, -0.1) is 0 Å². The van der Waals surface area contributed by atoms with Crippen molar-refractivity contribution in [3.05, 3.63) is 28.3 Å². The lowest BCUT2D eigenvalue weighted by Gasteiger charge is -2.09. The van der Waals surface area contributed by atoms with Gasteiger partial charge in [-0.2, -0.15) is 0 Å². The van der Waals surface area contributed by atoms with E-state index in [0.29, 0.717) is 0 Å². The number of phenols is 1. The molecular weight excluding hydrogens is 202 g/mol. The molecule has 0 saturated carbocycles. The zero-order valence-electron chi connectivity index (χ0n) is 8.04. The molecule has 0 aliphatic heterocycles. The summed E-state index contributed by atoms with van der Waals surface area (Å²) in [6.45, 7) is 3.93. The van der Waals surface area contributed by atoms with Crippen molar-refractivity contribution in [1.82, 2.24) is 0 Å². The van der Waals surface area contributed by atoms with Gasteiger partial charge in [0.05, 0.1) is 10.6 Å². The van der Waals surface area contributed by atoms with Crippen molar-refractivity contribution >= 4 is 17.5 Å². The van der Waals surface area contributed by atoms with Crippen LogP contribution in [0.4, 0.5) is 0 Å². The van der Waals surface area contributed by atoms with E-state index in [4.69, 9.17) is 17.3 Å². The van der Waals surface area contributed by atoms with Crippen LogP contribution < -0.4 is 5.73 Å². The maximum Gasteiger partial charge on any atom is 0.252 e. The van der Waals surface area contributed by atoms with Gasteiger partial charge in [-0.25, -0.2) is 0 Å². The van der Waals surface area contributed by atoms with Crippen molar-refractivity contribution < 1.29 is 9.90 Å². The number of hydrogen-bond donors (Lipinski definition) is 2. The van der Waals surface area contributed by atoms with Crippen LogP contribution in [-0.4, -0.2) is 11.0 Å². The van der Waals surface area contributed by atoms with E-state index in [9.17, 15) is 9.90 Å². The Kier molecular flexibility index (Phi) is 3.01. The van der Waals surface area contributed by atoms with Crippen LogP contribution in [0.15, 0.2) is 12.1 Å². The third-order valence-electron chi connectivity index (χ3n) is 2.02. The fourth-order valence-electron chi connectivity index (χ4n) is 1.14. The molecule has 0 spiro atoms. The van der Waals surface area contributed by atoms with E-state index < -0.39 is 5.91 Å². The Labute approximate surface area is 87.5 Å². The molecule has 0 heterocycles. The Hall–Kier alpha value is -1.22. The third kappa shape index (κ3) is 1.99. The molecule has 1 aromatic rings. The maximum atomic E-state index is 11.0. The fraction of sp³-hybridized carbons (Fsp3) is 0.300. The fourth-order valence-corrected chi connectivity index (χ4v) is 1.37. The van der Waals surface area contributed by atoms with Crippen LogP contribution in [0, 0.1) is 0 Å². The van der Waals surface area contributed by atoms with Gasteiger partial charge < -0.3 is 10.8 Å². The molecule has 0 aliphatic rings. The Balaban J connectivity index is 3.35. The molecule has 1 aromatic carbocycles. The van der Waals surface area contributed by atoms with Gasteiger partial charge in [0, 0.05) is 0 Å². The molecule has 1 amide bonds.